The van der Waals surface area contributed by atoms with Crippen molar-refractivity contribution in [3.63, 3.8) is 0 Å². The van der Waals surface area contributed by atoms with Crippen molar-refractivity contribution in [2.45, 2.75) is 33.1 Å². The molecule has 0 nitrogen and oxygen atoms in total. The van der Waals surface area contributed by atoms with Crippen LogP contribution in [0.15, 0.2) is 0 Å². The van der Waals surface area contributed by atoms with Crippen molar-refractivity contribution in [2.24, 2.45) is 5.92 Å². The molecule has 0 aliphatic rings. The molecule has 0 radical (unpaired) electrons. The first kappa shape index (κ1) is 8.48. The summed E-state index contributed by atoms with van der Waals surface area (Å²) in [5.41, 5.74) is 0. The van der Waals surface area contributed by atoms with E-state index in [1.165, 1.54) is 19.3 Å². The minimum Gasteiger partial charge on any atom is -0.0928 e. The molecular formula is C7H15Br. The first-order valence-electron chi connectivity index (χ1n) is 3.37. The second-order valence-corrected chi connectivity index (χ2v) is 3.14. The van der Waals surface area contributed by atoms with Gasteiger partial charge in [-0.25, -0.2) is 0 Å². The molecular weight excluding hydrogens is 164 g/mol. The summed E-state index contributed by atoms with van der Waals surface area (Å²) in [6.07, 6.45) is 4.03. The van der Waals surface area contributed by atoms with Crippen molar-refractivity contribution < 1.29 is 0 Å². The van der Waals surface area contributed by atoms with Gasteiger partial charge in [-0.15, -0.1) is 0 Å². The highest BCUT2D eigenvalue weighted by Gasteiger charge is 1.95. The number of hydrogen-bond acceptors (Lipinski definition) is 0. The van der Waals surface area contributed by atoms with Gasteiger partial charge in [-0.2, -0.15) is 0 Å². The molecule has 0 aromatic carbocycles. The highest BCUT2D eigenvalue weighted by atomic mass is 79.9. The van der Waals surface area contributed by atoms with E-state index in [4.69, 9.17) is 0 Å². The summed E-state index contributed by atoms with van der Waals surface area (Å²) >= 11 is 3.41. The van der Waals surface area contributed by atoms with Crippen molar-refractivity contribution in [3.8, 4) is 0 Å². The molecule has 0 N–H and O–H groups in total. The van der Waals surface area contributed by atoms with Crippen LogP contribution >= 0.6 is 15.9 Å². The first-order valence-corrected chi connectivity index (χ1v) is 4.49. The molecule has 0 aliphatic heterocycles. The molecule has 0 spiro atoms. The van der Waals surface area contributed by atoms with E-state index in [0.29, 0.717) is 0 Å². The van der Waals surface area contributed by atoms with E-state index in [9.17, 15) is 0 Å². The van der Waals surface area contributed by atoms with Crippen LogP contribution in [0.3, 0.4) is 0 Å². The van der Waals surface area contributed by atoms with Crippen molar-refractivity contribution in [2.75, 3.05) is 5.33 Å². The fraction of sp³-hybridized carbons (Fsp3) is 1.00. The highest BCUT2D eigenvalue weighted by molar-refractivity contribution is 9.09. The molecule has 8 heavy (non-hydrogen) atoms. The Kier molecular flexibility index (Phi) is 5.95. The summed E-state index contributed by atoms with van der Waals surface area (Å²) < 4.78 is 0. The van der Waals surface area contributed by atoms with E-state index >= 15 is 0 Å². The number of halogens is 1. The van der Waals surface area contributed by atoms with Crippen LogP contribution in [0.4, 0.5) is 0 Å². The average Bonchev–Trinajstić information content (AvgIpc) is 1.83. The first-order chi connectivity index (χ1) is 3.81. The zero-order valence-electron chi connectivity index (χ0n) is 5.78. The summed E-state index contributed by atoms with van der Waals surface area (Å²) in [6.45, 7) is 4.56. The van der Waals surface area contributed by atoms with Crippen molar-refractivity contribution >= 4 is 15.9 Å². The standard InChI is InChI=1S/C7H15Br/c1-3-7(2)5-4-6-8/h7H,3-6H2,1-2H3/t7-/m0/s1. The SMILES string of the molecule is CC[C@H](C)CCCBr. The van der Waals surface area contributed by atoms with E-state index in [0.717, 1.165) is 11.2 Å². The number of alkyl halides is 1. The van der Waals surface area contributed by atoms with Crippen LogP contribution in [0, 0.1) is 5.92 Å². The number of hydrogen-bond donors (Lipinski definition) is 0. The Bertz CT molecular complexity index is 43.7. The van der Waals surface area contributed by atoms with Crippen LogP contribution in [-0.2, 0) is 0 Å². The Labute approximate surface area is 60.8 Å². The van der Waals surface area contributed by atoms with Gasteiger partial charge in [-0.1, -0.05) is 36.2 Å². The summed E-state index contributed by atoms with van der Waals surface area (Å²) in [4.78, 5) is 0. The van der Waals surface area contributed by atoms with Crippen LogP contribution in [0.1, 0.15) is 33.1 Å². The van der Waals surface area contributed by atoms with Crippen LogP contribution in [-0.4, -0.2) is 5.33 Å². The minimum absolute atomic E-state index is 0.924. The zero-order valence-corrected chi connectivity index (χ0v) is 7.37. The van der Waals surface area contributed by atoms with Gasteiger partial charge in [-0.05, 0) is 18.8 Å². The Morgan fingerprint density at radius 1 is 1.50 bits per heavy atom. The third kappa shape index (κ3) is 4.63. The maximum absolute atomic E-state index is 3.41. The molecule has 0 saturated heterocycles. The molecule has 0 rings (SSSR count). The van der Waals surface area contributed by atoms with E-state index in [1.54, 1.807) is 0 Å². The predicted molar refractivity (Wildman–Crippen MR) is 42.5 cm³/mol. The molecule has 0 fully saturated rings. The van der Waals surface area contributed by atoms with Gasteiger partial charge in [0.15, 0.2) is 0 Å². The van der Waals surface area contributed by atoms with Crippen LogP contribution in [0.25, 0.3) is 0 Å². The normalized spacial score (nSPS) is 13.9. The molecule has 1 atom stereocenters. The molecule has 0 aromatic rings. The predicted octanol–water partition coefficient (Wildman–Crippen LogP) is 3.21. The van der Waals surface area contributed by atoms with Gasteiger partial charge in [0.05, 0.1) is 0 Å². The molecule has 0 heterocycles. The Morgan fingerprint density at radius 2 is 2.12 bits per heavy atom. The maximum Gasteiger partial charge on any atom is 0.00314 e. The van der Waals surface area contributed by atoms with Gasteiger partial charge in [0.25, 0.3) is 0 Å². The Morgan fingerprint density at radius 3 is 2.50 bits per heavy atom. The average molecular weight is 179 g/mol. The second kappa shape index (κ2) is 5.61. The number of rotatable bonds is 4. The topological polar surface area (TPSA) is 0 Å². The van der Waals surface area contributed by atoms with Crippen LogP contribution in [0.2, 0.25) is 0 Å². The summed E-state index contributed by atoms with van der Waals surface area (Å²) in [6, 6.07) is 0. The molecule has 0 saturated carbocycles. The van der Waals surface area contributed by atoms with E-state index in [2.05, 4.69) is 29.8 Å². The lowest BCUT2D eigenvalue weighted by Crippen LogP contribution is -1.91. The molecule has 1 heteroatoms. The third-order valence-corrected chi connectivity index (χ3v) is 2.09. The molecule has 0 amide bonds. The largest absolute Gasteiger partial charge is 0.0928 e. The molecule has 0 aliphatic carbocycles. The van der Waals surface area contributed by atoms with Crippen molar-refractivity contribution in [1.82, 2.24) is 0 Å². The van der Waals surface area contributed by atoms with Crippen LogP contribution in [0.5, 0.6) is 0 Å². The van der Waals surface area contributed by atoms with Crippen molar-refractivity contribution in [3.05, 3.63) is 0 Å². The van der Waals surface area contributed by atoms with E-state index < -0.39 is 0 Å². The Hall–Kier alpha value is 0.480. The Balaban J connectivity index is 2.86. The molecule has 0 aromatic heterocycles. The molecule has 0 bridgehead atoms. The van der Waals surface area contributed by atoms with Gasteiger partial charge in [0.1, 0.15) is 0 Å². The van der Waals surface area contributed by atoms with Gasteiger partial charge in [0, 0.05) is 5.33 Å². The molecule has 50 valence electrons. The summed E-state index contributed by atoms with van der Waals surface area (Å²) in [5, 5.41) is 1.16. The van der Waals surface area contributed by atoms with E-state index in [1.807, 2.05) is 0 Å². The van der Waals surface area contributed by atoms with Gasteiger partial charge in [0.2, 0.25) is 0 Å². The van der Waals surface area contributed by atoms with Gasteiger partial charge < -0.3 is 0 Å². The minimum atomic E-state index is 0.924. The lowest BCUT2D eigenvalue weighted by molar-refractivity contribution is 0.512. The highest BCUT2D eigenvalue weighted by Crippen LogP contribution is 2.09. The van der Waals surface area contributed by atoms with Crippen molar-refractivity contribution in [1.29, 1.82) is 0 Å². The summed E-state index contributed by atoms with van der Waals surface area (Å²) in [7, 11) is 0. The lowest BCUT2D eigenvalue weighted by Gasteiger charge is -2.04. The van der Waals surface area contributed by atoms with Gasteiger partial charge >= 0.3 is 0 Å². The van der Waals surface area contributed by atoms with Gasteiger partial charge in [-0.3, -0.25) is 0 Å². The smallest absolute Gasteiger partial charge is 0.00314 e. The van der Waals surface area contributed by atoms with Crippen LogP contribution < -0.4 is 0 Å². The molecule has 0 unspecified atom stereocenters. The lowest BCUT2D eigenvalue weighted by atomic mass is 10.0. The maximum atomic E-state index is 3.41. The zero-order chi connectivity index (χ0) is 6.41. The quantitative estimate of drug-likeness (QED) is 0.581. The second-order valence-electron chi connectivity index (χ2n) is 2.34. The summed E-state index contributed by atoms with van der Waals surface area (Å²) in [5.74, 6) is 0.924. The fourth-order valence-corrected chi connectivity index (χ4v) is 0.953. The van der Waals surface area contributed by atoms with E-state index in [-0.39, 0.29) is 0 Å². The monoisotopic (exact) mass is 178 g/mol. The third-order valence-electron chi connectivity index (χ3n) is 1.53. The fourth-order valence-electron chi connectivity index (χ4n) is 0.630.